The summed E-state index contributed by atoms with van der Waals surface area (Å²) >= 11 is 0. The highest BCUT2D eigenvalue weighted by molar-refractivity contribution is 6.08. The van der Waals surface area contributed by atoms with Crippen LogP contribution in [-0.2, 0) is 11.3 Å². The minimum absolute atomic E-state index is 0.0300. The Morgan fingerprint density at radius 2 is 1.56 bits per heavy atom. The van der Waals surface area contributed by atoms with Gasteiger partial charge in [0.25, 0.3) is 0 Å². The van der Waals surface area contributed by atoms with Crippen molar-refractivity contribution in [1.29, 1.82) is 0 Å². The lowest BCUT2D eigenvalue weighted by Gasteiger charge is -2.15. The van der Waals surface area contributed by atoms with Crippen molar-refractivity contribution in [3.8, 4) is 5.75 Å². The van der Waals surface area contributed by atoms with Crippen molar-refractivity contribution in [2.45, 2.75) is 6.61 Å². The van der Waals surface area contributed by atoms with Crippen LogP contribution in [0.5, 0.6) is 5.75 Å². The average Bonchev–Trinajstić information content (AvgIpc) is 2.82. The number of pyridine rings is 1. The van der Waals surface area contributed by atoms with E-state index < -0.39 is 6.09 Å². The number of nitrogen functional groups attached to an aromatic ring is 1. The minimum Gasteiger partial charge on any atom is -0.508 e. The fourth-order valence-corrected chi connectivity index (χ4v) is 3.88. The van der Waals surface area contributed by atoms with E-state index in [4.69, 9.17) is 15.5 Å². The van der Waals surface area contributed by atoms with Crippen LogP contribution in [0.2, 0.25) is 0 Å². The fourth-order valence-electron chi connectivity index (χ4n) is 3.88. The van der Waals surface area contributed by atoms with Gasteiger partial charge in [0, 0.05) is 33.9 Å². The molecule has 7 heteroatoms. The molecular formula is C27H22N4O3. The van der Waals surface area contributed by atoms with Gasteiger partial charge >= 0.3 is 6.09 Å². The molecule has 0 saturated carbocycles. The third kappa shape index (κ3) is 4.54. The highest BCUT2D eigenvalue weighted by atomic mass is 16.5. The van der Waals surface area contributed by atoms with Crippen LogP contribution in [0.15, 0.2) is 91.0 Å². The smallest absolute Gasteiger partial charge is 0.411 e. The second-order valence-electron chi connectivity index (χ2n) is 7.86. The topological polar surface area (TPSA) is 110 Å². The van der Waals surface area contributed by atoms with Gasteiger partial charge in [0.15, 0.2) is 0 Å². The van der Waals surface area contributed by atoms with E-state index in [1.54, 1.807) is 18.2 Å². The Hall–Kier alpha value is -4.78. The number of carbonyl (C=O) groups is 1. The molecule has 34 heavy (non-hydrogen) atoms. The number of aromatic hydroxyl groups is 1. The maximum Gasteiger partial charge on any atom is 0.411 e. The van der Waals surface area contributed by atoms with E-state index in [0.717, 1.165) is 38.7 Å². The summed E-state index contributed by atoms with van der Waals surface area (Å²) in [7, 11) is 0. The number of fused-ring (bicyclic) bond motifs is 2. The summed E-state index contributed by atoms with van der Waals surface area (Å²) in [5, 5.41) is 17.6. The van der Waals surface area contributed by atoms with Crippen molar-refractivity contribution in [3.05, 3.63) is 96.6 Å². The molecule has 0 unspecified atom stereocenters. The van der Waals surface area contributed by atoms with Gasteiger partial charge in [-0.3, -0.25) is 5.32 Å². The zero-order valence-electron chi connectivity index (χ0n) is 18.2. The number of hydrogen-bond donors (Lipinski definition) is 4. The maximum absolute atomic E-state index is 12.2. The summed E-state index contributed by atoms with van der Waals surface area (Å²) in [5.41, 5.74) is 11.3. The van der Waals surface area contributed by atoms with Gasteiger partial charge in [-0.25, -0.2) is 9.78 Å². The van der Waals surface area contributed by atoms with E-state index in [1.807, 2.05) is 60.7 Å². The average molecular weight is 450 g/mol. The van der Waals surface area contributed by atoms with Crippen molar-refractivity contribution >= 4 is 50.6 Å². The number of para-hydroxylation sites is 2. The summed E-state index contributed by atoms with van der Waals surface area (Å²) in [6.45, 7) is 0.0300. The van der Waals surface area contributed by atoms with Crippen molar-refractivity contribution in [1.82, 2.24) is 4.98 Å². The van der Waals surface area contributed by atoms with Crippen molar-refractivity contribution in [2.75, 3.05) is 16.4 Å². The lowest BCUT2D eigenvalue weighted by molar-refractivity contribution is 0.155. The summed E-state index contributed by atoms with van der Waals surface area (Å²) in [5.74, 6) is 0.0560. The van der Waals surface area contributed by atoms with E-state index in [0.29, 0.717) is 11.4 Å². The maximum atomic E-state index is 12.2. The molecule has 0 fully saturated rings. The number of amides is 1. The van der Waals surface area contributed by atoms with Crippen LogP contribution < -0.4 is 16.4 Å². The van der Waals surface area contributed by atoms with Crippen molar-refractivity contribution in [3.63, 3.8) is 0 Å². The summed E-state index contributed by atoms with van der Waals surface area (Å²) in [6.07, 6.45) is -0.631. The molecular weight excluding hydrogens is 428 g/mol. The molecule has 5 rings (SSSR count). The minimum atomic E-state index is -0.631. The summed E-state index contributed by atoms with van der Waals surface area (Å²) < 4.78 is 5.35. The standard InChI is InChI=1S/C27H22N4O3/c28-18-12-17(16-34-27(33)30-19-6-5-7-21(32)15-19)13-20(14-18)29-26-22-8-1-3-10-24(22)31-25-11-4-2-9-23(25)26/h1-15,32H,16,28H2,(H,29,31)(H,30,33). The first kappa shape index (κ1) is 21.1. The van der Waals surface area contributed by atoms with Gasteiger partial charge in [-0.15, -0.1) is 0 Å². The molecule has 0 aliphatic heterocycles. The molecule has 0 aliphatic carbocycles. The van der Waals surface area contributed by atoms with E-state index in [9.17, 15) is 9.90 Å². The monoisotopic (exact) mass is 450 g/mol. The molecule has 0 aliphatic rings. The second kappa shape index (κ2) is 8.99. The van der Waals surface area contributed by atoms with Crippen LogP contribution >= 0.6 is 0 Å². The Labute approximate surface area is 195 Å². The quantitative estimate of drug-likeness (QED) is 0.188. The highest BCUT2D eigenvalue weighted by Crippen LogP contribution is 2.33. The lowest BCUT2D eigenvalue weighted by atomic mass is 10.1. The third-order valence-corrected chi connectivity index (χ3v) is 5.33. The zero-order valence-corrected chi connectivity index (χ0v) is 18.2. The molecule has 0 radical (unpaired) electrons. The molecule has 5 N–H and O–H groups in total. The predicted molar refractivity (Wildman–Crippen MR) is 135 cm³/mol. The molecule has 0 spiro atoms. The van der Waals surface area contributed by atoms with E-state index >= 15 is 0 Å². The fraction of sp³-hybridized carbons (Fsp3) is 0.0370. The Kier molecular flexibility index (Phi) is 5.58. The number of carbonyl (C=O) groups excluding carboxylic acids is 1. The molecule has 7 nitrogen and oxygen atoms in total. The van der Waals surface area contributed by atoms with Crippen molar-refractivity contribution < 1.29 is 14.6 Å². The third-order valence-electron chi connectivity index (χ3n) is 5.33. The van der Waals surface area contributed by atoms with Crippen LogP contribution in [0, 0.1) is 0 Å². The van der Waals surface area contributed by atoms with Crippen molar-refractivity contribution in [2.24, 2.45) is 0 Å². The Morgan fingerprint density at radius 1 is 0.853 bits per heavy atom. The first-order valence-corrected chi connectivity index (χ1v) is 10.7. The highest BCUT2D eigenvalue weighted by Gasteiger charge is 2.11. The van der Waals surface area contributed by atoms with Gasteiger partial charge in [-0.05, 0) is 48.0 Å². The number of anilines is 4. The largest absolute Gasteiger partial charge is 0.508 e. The van der Waals surface area contributed by atoms with Crippen LogP contribution in [-0.4, -0.2) is 16.2 Å². The van der Waals surface area contributed by atoms with Crippen LogP contribution in [0.4, 0.5) is 27.5 Å². The molecule has 1 aromatic heterocycles. The number of aromatic nitrogens is 1. The molecule has 4 aromatic carbocycles. The number of phenols is 1. The molecule has 5 aromatic rings. The Balaban J connectivity index is 1.39. The summed E-state index contributed by atoms with van der Waals surface area (Å²) in [4.78, 5) is 16.9. The number of phenolic OH excluding ortho intramolecular Hbond substituents is 1. The van der Waals surface area contributed by atoms with E-state index in [1.165, 1.54) is 12.1 Å². The molecule has 0 atom stereocenters. The zero-order chi connectivity index (χ0) is 23.5. The van der Waals surface area contributed by atoms with Crippen LogP contribution in [0.3, 0.4) is 0 Å². The van der Waals surface area contributed by atoms with E-state index in [-0.39, 0.29) is 12.4 Å². The molecule has 1 amide bonds. The Bertz CT molecular complexity index is 1460. The number of nitrogens with two attached hydrogens (primary N) is 1. The van der Waals surface area contributed by atoms with Crippen LogP contribution in [0.1, 0.15) is 5.56 Å². The number of hydrogen-bond acceptors (Lipinski definition) is 6. The molecule has 168 valence electrons. The van der Waals surface area contributed by atoms with Gasteiger partial charge in [0.05, 0.1) is 16.7 Å². The van der Waals surface area contributed by atoms with Gasteiger partial charge in [0.1, 0.15) is 12.4 Å². The first-order valence-electron chi connectivity index (χ1n) is 10.7. The van der Waals surface area contributed by atoms with Gasteiger partial charge < -0.3 is 20.9 Å². The number of benzene rings is 4. The van der Waals surface area contributed by atoms with Crippen LogP contribution in [0.25, 0.3) is 21.8 Å². The molecule has 0 saturated heterocycles. The number of nitrogens with one attached hydrogen (secondary N) is 2. The number of ether oxygens (including phenoxy) is 1. The second-order valence-corrected chi connectivity index (χ2v) is 7.86. The van der Waals surface area contributed by atoms with Gasteiger partial charge in [-0.1, -0.05) is 42.5 Å². The normalized spacial score (nSPS) is 10.8. The lowest BCUT2D eigenvalue weighted by Crippen LogP contribution is -2.13. The molecule has 0 bridgehead atoms. The SMILES string of the molecule is Nc1cc(COC(=O)Nc2cccc(O)c2)cc(Nc2c3ccccc3nc3ccccc23)c1. The van der Waals surface area contributed by atoms with Gasteiger partial charge in [-0.2, -0.15) is 0 Å². The number of rotatable bonds is 5. The first-order chi connectivity index (χ1) is 16.5. The summed E-state index contributed by atoms with van der Waals surface area (Å²) in [6, 6.07) is 27.6. The molecule has 1 heterocycles. The van der Waals surface area contributed by atoms with E-state index in [2.05, 4.69) is 10.6 Å². The number of nitrogens with zero attached hydrogens (tertiary/aromatic N) is 1. The Morgan fingerprint density at radius 3 is 2.26 bits per heavy atom. The predicted octanol–water partition coefficient (Wildman–Crippen LogP) is 6.17. The van der Waals surface area contributed by atoms with Gasteiger partial charge in [0.2, 0.25) is 0 Å².